The zero-order valence-electron chi connectivity index (χ0n) is 26.2. The first-order valence-electron chi connectivity index (χ1n) is 15.4. The number of carbonyl (C=O) groups excluding carboxylic acids is 2. The van der Waals surface area contributed by atoms with Crippen LogP contribution in [0.2, 0.25) is 0 Å². The van der Waals surface area contributed by atoms with Crippen LogP contribution in [-0.4, -0.2) is 67.2 Å². The third-order valence-corrected chi connectivity index (χ3v) is 11.2. The van der Waals surface area contributed by atoms with Gasteiger partial charge in [0, 0.05) is 23.7 Å². The predicted molar refractivity (Wildman–Crippen MR) is 165 cm³/mol. The molecule has 2 unspecified atom stereocenters. The zero-order valence-corrected chi connectivity index (χ0v) is 27.1. The second-order valence-electron chi connectivity index (χ2n) is 13.6. The number of nitrogens with two attached hydrogens (primary N) is 1. The molecular weight excluding hydrogens is 597 g/mol. The minimum atomic E-state index is -3.83. The van der Waals surface area contributed by atoms with E-state index in [1.807, 2.05) is 6.92 Å². The van der Waals surface area contributed by atoms with Crippen LogP contribution in [0.1, 0.15) is 60.3 Å². The Labute approximate surface area is 262 Å². The molecule has 0 spiro atoms. The van der Waals surface area contributed by atoms with E-state index < -0.39 is 36.6 Å². The highest BCUT2D eigenvalue weighted by molar-refractivity contribution is 7.59. The molecule has 7 atom stereocenters. The molecule has 0 aromatic carbocycles. The van der Waals surface area contributed by atoms with E-state index >= 15 is 0 Å². The van der Waals surface area contributed by atoms with Gasteiger partial charge in [0.2, 0.25) is 7.44 Å². The van der Waals surface area contributed by atoms with Crippen LogP contribution in [0, 0.1) is 47.4 Å². The number of nitrogen functional groups attached to an aromatic ring is 1. The van der Waals surface area contributed by atoms with E-state index in [4.69, 9.17) is 19.9 Å². The van der Waals surface area contributed by atoms with Crippen molar-refractivity contribution in [2.24, 2.45) is 23.7 Å². The average molecular weight is 638 g/mol. The van der Waals surface area contributed by atoms with Gasteiger partial charge in [-0.25, -0.2) is 25.1 Å². The highest BCUT2D eigenvalue weighted by Crippen LogP contribution is 2.44. The maximum atomic E-state index is 14.7. The number of ether oxygens (including phenoxy) is 3. The average Bonchev–Trinajstić information content (AvgIpc) is 3.57. The summed E-state index contributed by atoms with van der Waals surface area (Å²) in [7, 11) is -3.83. The Morgan fingerprint density at radius 3 is 1.89 bits per heavy atom. The number of imidazole rings is 1. The first-order chi connectivity index (χ1) is 21.2. The number of fused-ring (bicyclic) bond motifs is 3. The fourth-order valence-corrected chi connectivity index (χ4v) is 8.97. The van der Waals surface area contributed by atoms with Crippen molar-refractivity contribution >= 4 is 36.4 Å². The van der Waals surface area contributed by atoms with E-state index in [9.17, 15) is 14.2 Å². The zero-order chi connectivity index (χ0) is 32.1. The van der Waals surface area contributed by atoms with Gasteiger partial charge in [0.05, 0.1) is 19.0 Å². The van der Waals surface area contributed by atoms with Crippen LogP contribution in [0.15, 0.2) is 12.7 Å². The maximum Gasteiger partial charge on any atom is 0.326 e. The summed E-state index contributed by atoms with van der Waals surface area (Å²) in [6.07, 6.45) is 4.40. The summed E-state index contributed by atoms with van der Waals surface area (Å²) in [5, 5.41) is 5.98. The van der Waals surface area contributed by atoms with Gasteiger partial charge >= 0.3 is 11.9 Å². The number of aromatic nitrogens is 4. The molecule has 0 radical (unpaired) electrons. The van der Waals surface area contributed by atoms with Crippen molar-refractivity contribution in [1.29, 1.82) is 0 Å². The van der Waals surface area contributed by atoms with E-state index in [2.05, 4.69) is 48.8 Å². The molecule has 45 heavy (non-hydrogen) atoms. The third kappa shape index (κ3) is 6.59. The smallest absolute Gasteiger partial charge is 0.326 e. The first kappa shape index (κ1) is 31.5. The van der Waals surface area contributed by atoms with Crippen molar-refractivity contribution in [2.45, 2.75) is 96.2 Å². The molecule has 0 aliphatic heterocycles. The third-order valence-electron chi connectivity index (χ3n) is 8.86. The van der Waals surface area contributed by atoms with Crippen LogP contribution < -0.4 is 15.9 Å². The summed E-state index contributed by atoms with van der Waals surface area (Å²) >= 11 is 0. The summed E-state index contributed by atoms with van der Waals surface area (Å²) in [6.45, 7) is 8.56. The molecule has 2 saturated carbocycles. The lowest BCUT2D eigenvalue weighted by Crippen LogP contribution is -2.54. The Morgan fingerprint density at radius 2 is 1.42 bits per heavy atom. The standard InChI is InChI=1S/C31H40N7O6P/c1-18(14-38-16-35-25-26(32)33-15-34-27(25)38)42-17-45(41,36-30(2,3)28(39)43-23-10-19-6-7-20(19)11-23)37-31(4,5)29(40)44-24-12-21-8-9-22(21)13-24/h15-16,18-24H,10-14,17H2,1-5H3,(H2,32,33,34)(H2,36,37,41)/t18-,19-,20+,21-,22+,23?,24?,45?/m1/s1. The summed E-state index contributed by atoms with van der Waals surface area (Å²) < 4.78 is 34.2. The number of hydrogen-bond acceptors (Lipinski definition) is 10. The molecule has 2 aromatic heterocycles. The van der Waals surface area contributed by atoms with Crippen LogP contribution >= 0.6 is 7.44 Å². The highest BCUT2D eigenvalue weighted by atomic mass is 31.2. The quantitative estimate of drug-likeness (QED) is 0.167. The molecule has 0 bridgehead atoms. The van der Waals surface area contributed by atoms with E-state index in [0.29, 0.717) is 43.4 Å². The Morgan fingerprint density at radius 1 is 0.933 bits per heavy atom. The Kier molecular flexibility index (Phi) is 8.20. The van der Waals surface area contributed by atoms with E-state index in [1.54, 1.807) is 38.6 Å². The highest BCUT2D eigenvalue weighted by Gasteiger charge is 2.46. The van der Waals surface area contributed by atoms with Crippen LogP contribution in [0.3, 0.4) is 0 Å². The number of rotatable bonds is 13. The minimum Gasteiger partial charge on any atom is -0.461 e. The first-order valence-corrected chi connectivity index (χ1v) is 17.3. The topological polar surface area (TPSA) is 173 Å². The summed E-state index contributed by atoms with van der Waals surface area (Å²) in [4.78, 5) is 39.3. The van der Waals surface area contributed by atoms with Gasteiger partial charge in [-0.3, -0.25) is 14.2 Å². The lowest BCUT2D eigenvalue weighted by Gasteiger charge is -2.36. The number of carbonyl (C=O) groups is 2. The Hall–Kier alpha value is -3.48. The minimum absolute atomic E-state index is 0.264. The van der Waals surface area contributed by atoms with E-state index in [1.165, 1.54) is 6.33 Å². The molecule has 0 amide bonds. The monoisotopic (exact) mass is 637 g/mol. The van der Waals surface area contributed by atoms with Crippen molar-refractivity contribution in [3.63, 3.8) is 0 Å². The maximum absolute atomic E-state index is 14.7. The van der Waals surface area contributed by atoms with Crippen LogP contribution in [0.25, 0.3) is 11.2 Å². The summed E-state index contributed by atoms with van der Waals surface area (Å²) in [5.74, 6) is 12.7. The molecule has 2 heterocycles. The number of nitrogens with one attached hydrogen (secondary N) is 2. The molecule has 4 aliphatic rings. The molecule has 4 N–H and O–H groups in total. The number of esters is 2. The van der Waals surface area contributed by atoms with Crippen molar-refractivity contribution < 1.29 is 28.4 Å². The molecule has 2 fully saturated rings. The summed E-state index contributed by atoms with van der Waals surface area (Å²) in [6, 6.07) is 0. The second kappa shape index (κ2) is 11.7. The SMILES string of the molecule is C[C@H](Cn1cnc2c(N)ncnc21)OCP(=O)(NC(C)(C)C(=O)OC1C[C@H]2C#C[C@H]2C1)NC(C)(C)C(=O)OC1C[C@H]2C#C[C@H]2C1. The van der Waals surface area contributed by atoms with Crippen LogP contribution in [0.4, 0.5) is 5.82 Å². The lowest BCUT2D eigenvalue weighted by atomic mass is 9.89. The molecule has 13 nitrogen and oxygen atoms in total. The van der Waals surface area contributed by atoms with Crippen LogP contribution in [-0.2, 0) is 34.9 Å². The van der Waals surface area contributed by atoms with Crippen molar-refractivity contribution in [3.05, 3.63) is 12.7 Å². The number of hydrogen-bond donors (Lipinski definition) is 3. The Balaban J connectivity index is 1.14. The molecule has 14 heteroatoms. The van der Waals surface area contributed by atoms with Gasteiger partial charge in [0.15, 0.2) is 11.5 Å². The number of nitrogens with zero attached hydrogens (tertiary/aromatic N) is 4. The molecule has 0 saturated heterocycles. The predicted octanol–water partition coefficient (Wildman–Crippen LogP) is 2.61. The summed E-state index contributed by atoms with van der Waals surface area (Å²) in [5.41, 5.74) is 4.18. The van der Waals surface area contributed by atoms with Gasteiger partial charge < -0.3 is 24.5 Å². The van der Waals surface area contributed by atoms with Crippen molar-refractivity contribution in [2.75, 3.05) is 12.1 Å². The largest absolute Gasteiger partial charge is 0.461 e. The van der Waals surface area contributed by atoms with Gasteiger partial charge in [0.1, 0.15) is 41.5 Å². The normalized spacial score (nSPS) is 28.2. The van der Waals surface area contributed by atoms with Crippen LogP contribution in [0.5, 0.6) is 0 Å². The van der Waals surface area contributed by atoms with Crippen molar-refractivity contribution in [1.82, 2.24) is 29.7 Å². The van der Waals surface area contributed by atoms with Crippen molar-refractivity contribution in [3.8, 4) is 23.7 Å². The van der Waals surface area contributed by atoms with E-state index in [-0.39, 0.29) is 48.0 Å². The fraction of sp³-hybridized carbons (Fsp3) is 0.645. The molecule has 240 valence electrons. The van der Waals surface area contributed by atoms with Gasteiger partial charge in [-0.2, -0.15) is 0 Å². The van der Waals surface area contributed by atoms with Gasteiger partial charge in [-0.1, -0.05) is 23.7 Å². The van der Waals surface area contributed by atoms with Gasteiger partial charge in [-0.05, 0) is 60.3 Å². The molecule has 4 aliphatic carbocycles. The van der Waals surface area contributed by atoms with Gasteiger partial charge in [0.25, 0.3) is 0 Å². The van der Waals surface area contributed by atoms with Gasteiger partial charge in [-0.15, -0.1) is 0 Å². The molecular formula is C31H40N7O6P. The fourth-order valence-electron chi connectivity index (χ4n) is 6.33. The Bertz CT molecular complexity index is 1580. The van der Waals surface area contributed by atoms with E-state index in [0.717, 1.165) is 0 Å². The molecule has 2 aromatic rings. The lowest BCUT2D eigenvalue weighted by molar-refractivity contribution is -0.155. The second-order valence-corrected chi connectivity index (χ2v) is 15.8. The number of anilines is 1. The molecule has 6 rings (SSSR count).